The maximum Gasteiger partial charge on any atom is 0.347 e. The highest BCUT2D eigenvalue weighted by atomic mass is 16.6. The van der Waals surface area contributed by atoms with Crippen molar-refractivity contribution in [2.45, 2.75) is 20.4 Å². The molecular weight excluding hydrogens is 322 g/mol. The van der Waals surface area contributed by atoms with Gasteiger partial charge in [-0.2, -0.15) is 0 Å². The van der Waals surface area contributed by atoms with E-state index in [4.69, 9.17) is 9.47 Å². The van der Waals surface area contributed by atoms with Crippen LogP contribution >= 0.6 is 0 Å². The zero-order valence-electron chi connectivity index (χ0n) is 14.3. The van der Waals surface area contributed by atoms with E-state index in [1.54, 1.807) is 31.0 Å². The Hall–Kier alpha value is -3.09. The highest BCUT2D eigenvalue weighted by molar-refractivity contribution is 6.14. The molecular formula is C18H22N3O4+. The molecule has 0 aliphatic carbocycles. The minimum atomic E-state index is -0.724. The van der Waals surface area contributed by atoms with E-state index >= 15 is 0 Å². The number of imidazole rings is 1. The van der Waals surface area contributed by atoms with Gasteiger partial charge in [0, 0.05) is 0 Å². The number of carbonyl (C=O) groups is 2. The van der Waals surface area contributed by atoms with Crippen molar-refractivity contribution in [3.63, 3.8) is 0 Å². The van der Waals surface area contributed by atoms with Crippen molar-refractivity contribution in [2.75, 3.05) is 18.6 Å². The Morgan fingerprint density at radius 2 is 1.76 bits per heavy atom. The van der Waals surface area contributed by atoms with Crippen molar-refractivity contribution in [2.24, 2.45) is 0 Å². The average Bonchev–Trinajstić information content (AvgIpc) is 3.04. The molecule has 25 heavy (non-hydrogen) atoms. The van der Waals surface area contributed by atoms with Crippen molar-refractivity contribution < 1.29 is 23.6 Å². The molecule has 1 N–H and O–H groups in total. The third-order valence-corrected chi connectivity index (χ3v) is 3.25. The Bertz CT molecular complexity index is 718. The zero-order valence-corrected chi connectivity index (χ0v) is 14.3. The summed E-state index contributed by atoms with van der Waals surface area (Å²) in [5.41, 5.74) is 3.84. The van der Waals surface area contributed by atoms with Crippen LogP contribution in [0.1, 0.15) is 19.4 Å². The van der Waals surface area contributed by atoms with Gasteiger partial charge in [0.15, 0.2) is 11.8 Å². The maximum atomic E-state index is 11.9. The summed E-state index contributed by atoms with van der Waals surface area (Å²) in [6.45, 7) is 4.41. The van der Waals surface area contributed by atoms with E-state index in [2.05, 4.69) is 5.43 Å². The summed E-state index contributed by atoms with van der Waals surface area (Å²) in [6.07, 6.45) is 6.73. The van der Waals surface area contributed by atoms with Gasteiger partial charge < -0.3 is 9.47 Å². The van der Waals surface area contributed by atoms with E-state index in [1.807, 2.05) is 41.1 Å². The summed E-state index contributed by atoms with van der Waals surface area (Å²) in [7, 11) is 0. The van der Waals surface area contributed by atoms with Gasteiger partial charge in [-0.05, 0) is 19.4 Å². The quantitative estimate of drug-likeness (QED) is 0.257. The van der Waals surface area contributed by atoms with E-state index in [1.165, 1.54) is 11.8 Å². The lowest BCUT2D eigenvalue weighted by atomic mass is 10.2. The van der Waals surface area contributed by atoms with Crippen LogP contribution in [0, 0.1) is 0 Å². The van der Waals surface area contributed by atoms with Crippen molar-refractivity contribution in [1.82, 2.24) is 4.68 Å². The predicted molar refractivity (Wildman–Crippen MR) is 90.9 cm³/mol. The largest absolute Gasteiger partial charge is 0.462 e. The van der Waals surface area contributed by atoms with Crippen LogP contribution in [-0.4, -0.2) is 29.8 Å². The van der Waals surface area contributed by atoms with Crippen LogP contribution < -0.4 is 9.99 Å². The minimum absolute atomic E-state index is 0.177. The molecule has 0 fully saturated rings. The topological polar surface area (TPSA) is 73.4 Å². The van der Waals surface area contributed by atoms with Gasteiger partial charge in [-0.15, -0.1) is 4.68 Å². The lowest BCUT2D eigenvalue weighted by Crippen LogP contribution is -2.32. The van der Waals surface area contributed by atoms with Crippen molar-refractivity contribution in [3.05, 3.63) is 66.4 Å². The molecule has 1 heterocycles. The van der Waals surface area contributed by atoms with Crippen LogP contribution in [0.4, 0.5) is 0 Å². The van der Waals surface area contributed by atoms with Crippen LogP contribution in [0.3, 0.4) is 0 Å². The number of benzene rings is 1. The number of rotatable bonds is 8. The third-order valence-electron chi connectivity index (χ3n) is 3.25. The second-order valence-electron chi connectivity index (χ2n) is 5.11. The number of esters is 2. The summed E-state index contributed by atoms with van der Waals surface area (Å²) in [5, 5.41) is 0. The van der Waals surface area contributed by atoms with Gasteiger partial charge in [0.1, 0.15) is 12.7 Å². The maximum absolute atomic E-state index is 11.9. The van der Waals surface area contributed by atoms with Crippen LogP contribution in [0.5, 0.6) is 0 Å². The number of hydrogen-bond donors (Lipinski definition) is 1. The van der Waals surface area contributed by atoms with Gasteiger partial charge in [0.05, 0.1) is 19.4 Å². The molecule has 132 valence electrons. The Morgan fingerprint density at radius 1 is 1.12 bits per heavy atom. The molecule has 7 nitrogen and oxygen atoms in total. The van der Waals surface area contributed by atoms with Gasteiger partial charge in [-0.1, -0.05) is 30.3 Å². The van der Waals surface area contributed by atoms with E-state index in [9.17, 15) is 9.59 Å². The van der Waals surface area contributed by atoms with Crippen LogP contribution in [0.2, 0.25) is 0 Å². The molecule has 7 heteroatoms. The van der Waals surface area contributed by atoms with Crippen molar-refractivity contribution in [1.29, 1.82) is 0 Å². The van der Waals surface area contributed by atoms with Crippen LogP contribution in [0.25, 0.3) is 0 Å². The molecule has 0 unspecified atom stereocenters. The van der Waals surface area contributed by atoms with Gasteiger partial charge in [0.25, 0.3) is 6.33 Å². The normalized spacial score (nSPS) is 10.0. The molecule has 0 saturated carbocycles. The van der Waals surface area contributed by atoms with Gasteiger partial charge in [0.2, 0.25) is 0 Å². The fourth-order valence-corrected chi connectivity index (χ4v) is 2.12. The van der Waals surface area contributed by atoms with E-state index in [0.29, 0.717) is 6.54 Å². The summed E-state index contributed by atoms with van der Waals surface area (Å²) in [5.74, 6) is -1.45. The molecule has 2 rings (SSSR count). The molecule has 1 aromatic carbocycles. The Kier molecular flexibility index (Phi) is 6.76. The number of ether oxygens (including phenoxy) is 2. The first kappa shape index (κ1) is 18.3. The van der Waals surface area contributed by atoms with Crippen LogP contribution in [0.15, 0.2) is 60.8 Å². The standard InChI is InChI=1S/C18H21N3O4/c1-3-24-17(22)16(18(23)25-4-2)12-19-21-11-10-20(14-21)13-15-8-6-5-7-9-15/h5-12,14H,3-4,13H2,1-2H3/p+1. The lowest BCUT2D eigenvalue weighted by Gasteiger charge is -2.06. The van der Waals surface area contributed by atoms with E-state index < -0.39 is 11.9 Å². The molecule has 0 aliphatic rings. The monoisotopic (exact) mass is 344 g/mol. The minimum Gasteiger partial charge on any atom is -0.462 e. The molecule has 0 aliphatic heterocycles. The second-order valence-corrected chi connectivity index (χ2v) is 5.11. The Balaban J connectivity index is 2.06. The first-order valence-corrected chi connectivity index (χ1v) is 8.06. The highest BCUT2D eigenvalue weighted by Gasteiger charge is 2.21. The third kappa shape index (κ3) is 5.49. The van der Waals surface area contributed by atoms with Gasteiger partial charge in [-0.25, -0.2) is 19.6 Å². The van der Waals surface area contributed by atoms with E-state index in [-0.39, 0.29) is 18.8 Å². The second kappa shape index (κ2) is 9.27. The molecule has 0 radical (unpaired) electrons. The fourth-order valence-electron chi connectivity index (χ4n) is 2.12. The smallest absolute Gasteiger partial charge is 0.347 e. The number of hydrogen-bond acceptors (Lipinski definition) is 5. The van der Waals surface area contributed by atoms with E-state index in [0.717, 1.165) is 0 Å². The first-order valence-electron chi connectivity index (χ1n) is 8.06. The molecule has 0 bridgehead atoms. The summed E-state index contributed by atoms with van der Waals surface area (Å²) in [6, 6.07) is 10.0. The molecule has 0 spiro atoms. The van der Waals surface area contributed by atoms with Crippen LogP contribution in [-0.2, 0) is 25.6 Å². The molecule has 0 saturated heterocycles. The predicted octanol–water partition coefficient (Wildman–Crippen LogP) is 1.38. The fraction of sp³-hybridized carbons (Fsp3) is 0.278. The molecule has 2 aromatic rings. The summed E-state index contributed by atoms with van der Waals surface area (Å²) >= 11 is 0. The van der Waals surface area contributed by atoms with Crippen molar-refractivity contribution >= 4 is 11.9 Å². The number of carbonyl (C=O) groups excluding carboxylic acids is 2. The lowest BCUT2D eigenvalue weighted by molar-refractivity contribution is -0.687. The Morgan fingerprint density at radius 3 is 2.36 bits per heavy atom. The molecule has 0 atom stereocenters. The van der Waals surface area contributed by atoms with Gasteiger partial charge >= 0.3 is 11.9 Å². The van der Waals surface area contributed by atoms with Crippen molar-refractivity contribution in [3.8, 4) is 0 Å². The summed E-state index contributed by atoms with van der Waals surface area (Å²) < 4.78 is 13.4. The first-order chi connectivity index (χ1) is 12.1. The zero-order chi connectivity index (χ0) is 18.1. The molecule has 0 amide bonds. The number of nitrogens with zero attached hydrogens (tertiary/aromatic N) is 2. The summed E-state index contributed by atoms with van der Waals surface area (Å²) in [4.78, 5) is 23.8. The molecule has 1 aromatic heterocycles. The average molecular weight is 344 g/mol. The highest BCUT2D eigenvalue weighted by Crippen LogP contribution is 2.02. The SMILES string of the molecule is CCOC(=O)C(=CNn1cc[n+](Cc2ccccc2)c1)C(=O)OCC. The van der Waals surface area contributed by atoms with Gasteiger partial charge in [-0.3, -0.25) is 0 Å². The number of nitrogens with one attached hydrogen (secondary N) is 1. The Labute approximate surface area is 146 Å². The number of aromatic nitrogens is 2.